The zero-order chi connectivity index (χ0) is 9.41. The van der Waals surface area contributed by atoms with Gasteiger partial charge in [-0.1, -0.05) is 0 Å². The molecule has 1 rings (SSSR count). The smallest absolute Gasteiger partial charge is 0.228 e. The Hall–Kier alpha value is -0.260. The first kappa shape index (κ1) is 9.83. The molecule has 1 radical (unpaired) electrons. The molecular formula is C6H8F3O2S. The Morgan fingerprint density at radius 2 is 1.75 bits per heavy atom. The van der Waals surface area contributed by atoms with Gasteiger partial charge in [0.05, 0.1) is 5.75 Å². The van der Waals surface area contributed by atoms with Crippen molar-refractivity contribution in [3.8, 4) is 0 Å². The first-order chi connectivity index (χ1) is 5.29. The van der Waals surface area contributed by atoms with E-state index in [1.807, 2.05) is 0 Å². The molecule has 1 fully saturated rings. The molecule has 0 aliphatic heterocycles. The van der Waals surface area contributed by atoms with Crippen molar-refractivity contribution in [1.29, 1.82) is 0 Å². The highest BCUT2D eigenvalue weighted by atomic mass is 32.2. The average molecular weight is 201 g/mol. The molecular weight excluding hydrogens is 193 g/mol. The van der Waals surface area contributed by atoms with Gasteiger partial charge in [-0.05, 0) is 18.8 Å². The second kappa shape index (κ2) is 2.90. The number of halogens is 3. The van der Waals surface area contributed by atoms with Crippen molar-refractivity contribution in [2.45, 2.75) is 19.0 Å². The molecule has 0 bridgehead atoms. The molecule has 1 aliphatic carbocycles. The van der Waals surface area contributed by atoms with Crippen LogP contribution in [0.15, 0.2) is 0 Å². The fourth-order valence-corrected chi connectivity index (χ4v) is 2.36. The molecule has 6 heteroatoms. The third kappa shape index (κ3) is 3.94. The third-order valence-corrected chi connectivity index (χ3v) is 3.03. The van der Waals surface area contributed by atoms with E-state index >= 15 is 0 Å². The lowest BCUT2D eigenvalue weighted by Gasteiger charge is -2.05. The van der Waals surface area contributed by atoms with Crippen LogP contribution in [0.1, 0.15) is 12.8 Å². The SMILES string of the molecule is O=S(=O)(C[C]1CC1)CC(F)(F)F. The van der Waals surface area contributed by atoms with Crippen LogP contribution in [-0.4, -0.2) is 26.1 Å². The molecule has 0 aromatic carbocycles. The van der Waals surface area contributed by atoms with Crippen LogP contribution in [0, 0.1) is 5.92 Å². The molecule has 1 saturated carbocycles. The van der Waals surface area contributed by atoms with Crippen molar-refractivity contribution in [2.75, 3.05) is 11.5 Å². The van der Waals surface area contributed by atoms with E-state index in [2.05, 4.69) is 0 Å². The molecule has 12 heavy (non-hydrogen) atoms. The standard InChI is InChI=1S/C6H8F3O2S/c7-6(8,9)4-12(10,11)3-5-1-2-5/h1-4H2. The predicted molar refractivity (Wildman–Crippen MR) is 37.2 cm³/mol. The largest absolute Gasteiger partial charge is 0.402 e. The lowest BCUT2D eigenvalue weighted by molar-refractivity contribution is -0.106. The summed E-state index contributed by atoms with van der Waals surface area (Å²) in [7, 11) is -3.94. The van der Waals surface area contributed by atoms with E-state index in [0.717, 1.165) is 0 Å². The minimum absolute atomic E-state index is 0.382. The topological polar surface area (TPSA) is 34.1 Å². The van der Waals surface area contributed by atoms with E-state index in [4.69, 9.17) is 0 Å². The van der Waals surface area contributed by atoms with Crippen LogP contribution in [0.3, 0.4) is 0 Å². The molecule has 0 aromatic rings. The number of hydrogen-bond donors (Lipinski definition) is 0. The Labute approximate surface area is 68.7 Å². The van der Waals surface area contributed by atoms with Gasteiger partial charge in [0.1, 0.15) is 5.75 Å². The molecule has 2 nitrogen and oxygen atoms in total. The van der Waals surface area contributed by atoms with Crippen molar-refractivity contribution in [1.82, 2.24) is 0 Å². The Balaban J connectivity index is 2.47. The summed E-state index contributed by atoms with van der Waals surface area (Å²) >= 11 is 0. The van der Waals surface area contributed by atoms with E-state index in [0.29, 0.717) is 18.8 Å². The van der Waals surface area contributed by atoms with Gasteiger partial charge in [0.15, 0.2) is 9.84 Å². The quantitative estimate of drug-likeness (QED) is 0.690. The monoisotopic (exact) mass is 201 g/mol. The molecule has 0 unspecified atom stereocenters. The zero-order valence-electron chi connectivity index (χ0n) is 6.19. The first-order valence-corrected chi connectivity index (χ1v) is 5.21. The van der Waals surface area contributed by atoms with Crippen LogP contribution in [-0.2, 0) is 9.84 Å². The van der Waals surface area contributed by atoms with Crippen LogP contribution in [0.2, 0.25) is 0 Å². The van der Waals surface area contributed by atoms with Gasteiger partial charge in [-0.25, -0.2) is 8.42 Å². The summed E-state index contributed by atoms with van der Waals surface area (Å²) in [5, 5.41) is 0. The molecule has 1 aliphatic rings. The van der Waals surface area contributed by atoms with Crippen LogP contribution < -0.4 is 0 Å². The van der Waals surface area contributed by atoms with E-state index < -0.39 is 21.8 Å². The molecule has 0 atom stereocenters. The highest BCUT2D eigenvalue weighted by Gasteiger charge is 2.38. The van der Waals surface area contributed by atoms with E-state index in [1.165, 1.54) is 0 Å². The lowest BCUT2D eigenvalue weighted by Crippen LogP contribution is -2.25. The zero-order valence-corrected chi connectivity index (χ0v) is 7.00. The fraction of sp³-hybridized carbons (Fsp3) is 0.833. The van der Waals surface area contributed by atoms with E-state index in [9.17, 15) is 21.6 Å². The third-order valence-electron chi connectivity index (χ3n) is 1.41. The van der Waals surface area contributed by atoms with E-state index in [-0.39, 0.29) is 5.75 Å². The highest BCUT2D eigenvalue weighted by molar-refractivity contribution is 7.91. The average Bonchev–Trinajstić information content (AvgIpc) is 2.39. The molecule has 0 amide bonds. The summed E-state index contributed by atoms with van der Waals surface area (Å²) in [5.74, 6) is -1.37. The van der Waals surface area contributed by atoms with Gasteiger partial charge in [-0.2, -0.15) is 13.2 Å². The Morgan fingerprint density at radius 3 is 2.08 bits per heavy atom. The minimum Gasteiger partial charge on any atom is -0.228 e. The van der Waals surface area contributed by atoms with Crippen LogP contribution >= 0.6 is 0 Å². The Morgan fingerprint density at radius 1 is 1.25 bits per heavy atom. The maximum absolute atomic E-state index is 11.6. The second-order valence-corrected chi connectivity index (χ2v) is 4.96. The fourth-order valence-electron chi connectivity index (χ4n) is 0.844. The van der Waals surface area contributed by atoms with Gasteiger partial charge >= 0.3 is 6.18 Å². The summed E-state index contributed by atoms with van der Waals surface area (Å²) in [6, 6.07) is 0. The van der Waals surface area contributed by atoms with Gasteiger partial charge in [0.2, 0.25) is 0 Å². The summed E-state index contributed by atoms with van der Waals surface area (Å²) in [5.41, 5.74) is 0. The van der Waals surface area contributed by atoms with Gasteiger partial charge in [0, 0.05) is 0 Å². The summed E-state index contributed by atoms with van der Waals surface area (Å²) in [6.45, 7) is 0. The van der Waals surface area contributed by atoms with Crippen LogP contribution in [0.25, 0.3) is 0 Å². The summed E-state index contributed by atoms with van der Waals surface area (Å²) < 4.78 is 56.4. The van der Waals surface area contributed by atoms with Crippen LogP contribution in [0.5, 0.6) is 0 Å². The predicted octanol–water partition coefficient (Wildman–Crippen LogP) is 1.33. The van der Waals surface area contributed by atoms with Crippen molar-refractivity contribution >= 4 is 9.84 Å². The number of hydrogen-bond acceptors (Lipinski definition) is 2. The normalized spacial score (nSPS) is 19.6. The molecule has 0 aromatic heterocycles. The molecule has 0 N–H and O–H groups in total. The summed E-state index contributed by atoms with van der Waals surface area (Å²) in [6.07, 6.45) is -3.28. The number of rotatable bonds is 3. The van der Waals surface area contributed by atoms with Crippen molar-refractivity contribution in [3.05, 3.63) is 5.92 Å². The Bertz CT molecular complexity index is 250. The minimum atomic E-state index is -4.60. The maximum Gasteiger partial charge on any atom is 0.402 e. The van der Waals surface area contributed by atoms with Gasteiger partial charge in [0.25, 0.3) is 0 Å². The summed E-state index contributed by atoms with van der Waals surface area (Å²) in [4.78, 5) is 0. The van der Waals surface area contributed by atoms with Gasteiger partial charge in [-0.3, -0.25) is 0 Å². The maximum atomic E-state index is 11.6. The van der Waals surface area contributed by atoms with Crippen molar-refractivity contribution < 1.29 is 21.6 Å². The molecule has 0 saturated heterocycles. The van der Waals surface area contributed by atoms with Gasteiger partial charge in [-0.15, -0.1) is 0 Å². The van der Waals surface area contributed by atoms with Gasteiger partial charge < -0.3 is 0 Å². The number of sulfone groups is 1. The lowest BCUT2D eigenvalue weighted by atomic mass is 10.5. The molecule has 71 valence electrons. The number of alkyl halides is 3. The first-order valence-electron chi connectivity index (χ1n) is 3.39. The second-order valence-electron chi connectivity index (χ2n) is 2.90. The van der Waals surface area contributed by atoms with Crippen LogP contribution in [0.4, 0.5) is 13.2 Å². The highest BCUT2D eigenvalue weighted by Crippen LogP contribution is 2.34. The molecule has 0 heterocycles. The van der Waals surface area contributed by atoms with Crippen molar-refractivity contribution in [2.24, 2.45) is 0 Å². The Kier molecular flexibility index (Phi) is 2.38. The van der Waals surface area contributed by atoms with E-state index in [1.54, 1.807) is 0 Å². The molecule has 0 spiro atoms. The van der Waals surface area contributed by atoms with Crippen molar-refractivity contribution in [3.63, 3.8) is 0 Å².